The third-order valence-electron chi connectivity index (χ3n) is 4.45. The summed E-state index contributed by atoms with van der Waals surface area (Å²) in [5, 5.41) is 6.89. The second-order valence-corrected chi connectivity index (χ2v) is 6.19. The number of carbonyl (C=O) groups excluding carboxylic acids is 1. The summed E-state index contributed by atoms with van der Waals surface area (Å²) in [4.78, 5) is 16.5. The molecule has 6 nitrogen and oxygen atoms in total. The molecule has 2 heterocycles. The minimum absolute atomic E-state index is 0.0447. The number of aryl methyl sites for hydroxylation is 2. The molecular weight excluding hydrogens is 318 g/mol. The summed E-state index contributed by atoms with van der Waals surface area (Å²) in [5.74, 6) is 1.33. The number of anilines is 1. The first-order chi connectivity index (χ1) is 12.3. The largest absolute Gasteiger partial charge is 0.461 e. The molecule has 0 saturated carbocycles. The summed E-state index contributed by atoms with van der Waals surface area (Å²) in [6, 6.07) is 9.66. The maximum atomic E-state index is 12.3. The van der Waals surface area contributed by atoms with Gasteiger partial charge in [-0.2, -0.15) is 4.98 Å². The Morgan fingerprint density at radius 2 is 2.08 bits per heavy atom. The van der Waals surface area contributed by atoms with Crippen molar-refractivity contribution in [3.63, 3.8) is 0 Å². The fourth-order valence-corrected chi connectivity index (χ4v) is 3.19. The number of fused-ring (bicyclic) bond motifs is 1. The van der Waals surface area contributed by atoms with E-state index in [1.54, 1.807) is 18.4 Å². The molecule has 1 aliphatic carbocycles. The summed E-state index contributed by atoms with van der Waals surface area (Å²) in [5.41, 5.74) is 3.56. The van der Waals surface area contributed by atoms with E-state index in [1.807, 2.05) is 12.1 Å². The Bertz CT molecular complexity index is 868. The Labute approximate surface area is 145 Å². The van der Waals surface area contributed by atoms with Crippen LogP contribution in [0.4, 0.5) is 5.69 Å². The number of benzene rings is 1. The number of aromatic nitrogens is 2. The summed E-state index contributed by atoms with van der Waals surface area (Å²) >= 11 is 0. The van der Waals surface area contributed by atoms with Crippen molar-refractivity contribution in [3.8, 4) is 11.6 Å². The van der Waals surface area contributed by atoms with Gasteiger partial charge in [0.05, 0.1) is 6.26 Å². The Balaban J connectivity index is 1.37. The van der Waals surface area contributed by atoms with Crippen molar-refractivity contribution < 1.29 is 13.7 Å². The molecule has 1 N–H and O–H groups in total. The minimum Gasteiger partial charge on any atom is -0.461 e. The number of furan rings is 1. The highest BCUT2D eigenvalue weighted by Crippen LogP contribution is 2.28. The molecule has 128 valence electrons. The monoisotopic (exact) mass is 337 g/mol. The fourth-order valence-electron chi connectivity index (χ4n) is 3.19. The maximum Gasteiger partial charge on any atom is 0.238 e. The zero-order chi connectivity index (χ0) is 17.1. The fraction of sp³-hybridized carbons (Fsp3) is 0.316. The number of amides is 1. The zero-order valence-electron chi connectivity index (χ0n) is 13.8. The van der Waals surface area contributed by atoms with E-state index in [-0.39, 0.29) is 5.91 Å². The van der Waals surface area contributed by atoms with Crippen LogP contribution in [0.5, 0.6) is 0 Å². The molecule has 4 rings (SSSR count). The lowest BCUT2D eigenvalue weighted by atomic mass is 9.90. The van der Waals surface area contributed by atoms with Crippen molar-refractivity contribution in [1.29, 1.82) is 0 Å². The van der Waals surface area contributed by atoms with Gasteiger partial charge < -0.3 is 14.3 Å². The van der Waals surface area contributed by atoms with Crippen LogP contribution < -0.4 is 5.32 Å². The van der Waals surface area contributed by atoms with Gasteiger partial charge in [0.15, 0.2) is 5.76 Å². The van der Waals surface area contributed by atoms with Gasteiger partial charge in [0.1, 0.15) is 0 Å². The van der Waals surface area contributed by atoms with Crippen molar-refractivity contribution in [2.75, 3.05) is 5.32 Å². The summed E-state index contributed by atoms with van der Waals surface area (Å²) in [6.07, 6.45) is 6.77. The van der Waals surface area contributed by atoms with Gasteiger partial charge in [-0.15, -0.1) is 0 Å². The number of rotatable bonds is 5. The molecule has 1 aromatic carbocycles. The van der Waals surface area contributed by atoms with Crippen LogP contribution in [-0.2, 0) is 24.1 Å². The van der Waals surface area contributed by atoms with Crippen molar-refractivity contribution in [2.24, 2.45) is 0 Å². The van der Waals surface area contributed by atoms with Crippen molar-refractivity contribution in [3.05, 3.63) is 53.6 Å². The highest BCUT2D eigenvalue weighted by molar-refractivity contribution is 5.91. The molecule has 0 unspecified atom stereocenters. The predicted molar refractivity (Wildman–Crippen MR) is 92.0 cm³/mol. The van der Waals surface area contributed by atoms with E-state index in [4.69, 9.17) is 8.94 Å². The smallest absolute Gasteiger partial charge is 0.238 e. The van der Waals surface area contributed by atoms with Gasteiger partial charge in [0, 0.05) is 18.5 Å². The van der Waals surface area contributed by atoms with Gasteiger partial charge >= 0.3 is 0 Å². The van der Waals surface area contributed by atoms with Crippen molar-refractivity contribution in [1.82, 2.24) is 10.1 Å². The molecule has 1 aliphatic rings. The van der Waals surface area contributed by atoms with Gasteiger partial charge in [0.2, 0.25) is 17.6 Å². The number of nitrogens with zero attached hydrogens (tertiary/aromatic N) is 2. The lowest BCUT2D eigenvalue weighted by molar-refractivity contribution is -0.116. The second-order valence-electron chi connectivity index (χ2n) is 6.19. The summed E-state index contributed by atoms with van der Waals surface area (Å²) in [6.45, 7) is 0. The molecular formula is C19H19N3O3. The lowest BCUT2D eigenvalue weighted by Gasteiger charge is -2.19. The van der Waals surface area contributed by atoms with Crippen LogP contribution in [0.3, 0.4) is 0 Å². The number of carbonyl (C=O) groups is 1. The van der Waals surface area contributed by atoms with Crippen LogP contribution >= 0.6 is 0 Å². The predicted octanol–water partition coefficient (Wildman–Crippen LogP) is 3.78. The Hall–Kier alpha value is -2.89. The Kier molecular flexibility index (Phi) is 4.33. The van der Waals surface area contributed by atoms with Crippen LogP contribution in [0, 0.1) is 0 Å². The average Bonchev–Trinajstić information content (AvgIpc) is 3.32. The van der Waals surface area contributed by atoms with E-state index >= 15 is 0 Å². The normalized spacial score (nSPS) is 13.4. The number of hydrogen-bond acceptors (Lipinski definition) is 5. The SMILES string of the molecule is O=C(CCc1nc(-c2ccco2)no1)Nc1cccc2c1CCCC2. The molecule has 0 aliphatic heterocycles. The van der Waals surface area contributed by atoms with Crippen molar-refractivity contribution in [2.45, 2.75) is 38.5 Å². The van der Waals surface area contributed by atoms with Crippen LogP contribution in [0.15, 0.2) is 45.5 Å². The Morgan fingerprint density at radius 1 is 1.16 bits per heavy atom. The van der Waals surface area contributed by atoms with Gasteiger partial charge in [-0.25, -0.2) is 0 Å². The molecule has 6 heteroatoms. The van der Waals surface area contributed by atoms with Gasteiger partial charge in [0.25, 0.3) is 0 Å². The summed E-state index contributed by atoms with van der Waals surface area (Å²) < 4.78 is 10.4. The van der Waals surface area contributed by atoms with E-state index in [0.717, 1.165) is 18.5 Å². The van der Waals surface area contributed by atoms with E-state index in [2.05, 4.69) is 21.5 Å². The third-order valence-corrected chi connectivity index (χ3v) is 4.45. The molecule has 0 radical (unpaired) electrons. The highest BCUT2D eigenvalue weighted by atomic mass is 16.5. The number of nitrogens with one attached hydrogen (secondary N) is 1. The van der Waals surface area contributed by atoms with E-state index in [9.17, 15) is 4.79 Å². The van der Waals surface area contributed by atoms with Gasteiger partial charge in [-0.3, -0.25) is 4.79 Å². The molecule has 0 fully saturated rings. The molecule has 0 atom stereocenters. The lowest BCUT2D eigenvalue weighted by Crippen LogP contribution is -2.15. The molecule has 1 amide bonds. The third kappa shape index (κ3) is 3.47. The highest BCUT2D eigenvalue weighted by Gasteiger charge is 2.16. The summed E-state index contributed by atoms with van der Waals surface area (Å²) in [7, 11) is 0. The zero-order valence-corrected chi connectivity index (χ0v) is 13.8. The first-order valence-electron chi connectivity index (χ1n) is 8.57. The van der Waals surface area contributed by atoms with Gasteiger partial charge in [-0.05, 0) is 55.0 Å². The van der Waals surface area contributed by atoms with Gasteiger partial charge in [-0.1, -0.05) is 17.3 Å². The van der Waals surface area contributed by atoms with Crippen LogP contribution in [-0.4, -0.2) is 16.0 Å². The minimum atomic E-state index is -0.0447. The van der Waals surface area contributed by atoms with E-state index in [0.29, 0.717) is 30.3 Å². The van der Waals surface area contributed by atoms with Crippen LogP contribution in [0.25, 0.3) is 11.6 Å². The molecule has 0 spiro atoms. The standard InChI is InChI=1S/C19H19N3O3/c23-17(20-15-8-3-6-13-5-1-2-7-14(13)15)10-11-18-21-19(22-25-18)16-9-4-12-24-16/h3-4,6,8-9,12H,1-2,5,7,10-11H2,(H,20,23). The quantitative estimate of drug-likeness (QED) is 0.766. The van der Waals surface area contributed by atoms with Crippen LogP contribution in [0.2, 0.25) is 0 Å². The van der Waals surface area contributed by atoms with Crippen molar-refractivity contribution >= 4 is 11.6 Å². The average molecular weight is 337 g/mol. The topological polar surface area (TPSA) is 81.2 Å². The van der Waals surface area contributed by atoms with Crippen LogP contribution in [0.1, 0.15) is 36.3 Å². The maximum absolute atomic E-state index is 12.3. The van der Waals surface area contributed by atoms with E-state index < -0.39 is 0 Å². The first-order valence-corrected chi connectivity index (χ1v) is 8.57. The molecule has 0 bridgehead atoms. The molecule has 3 aromatic rings. The Morgan fingerprint density at radius 3 is 2.96 bits per heavy atom. The second kappa shape index (κ2) is 6.93. The first kappa shape index (κ1) is 15.6. The molecule has 0 saturated heterocycles. The molecule has 25 heavy (non-hydrogen) atoms. The molecule has 2 aromatic heterocycles. The van der Waals surface area contributed by atoms with E-state index in [1.165, 1.54) is 24.0 Å². The number of hydrogen-bond donors (Lipinski definition) is 1.